The Kier molecular flexibility index (Phi) is 3.52. The maximum atomic E-state index is 13.1. The SMILES string of the molecule is Cc1cc(O)c(Br)c(=O)n1Cc1cccc(F)c1. The molecule has 1 aromatic carbocycles. The Morgan fingerprint density at radius 3 is 2.78 bits per heavy atom. The molecule has 0 fully saturated rings. The molecule has 1 heterocycles. The van der Waals surface area contributed by atoms with E-state index in [4.69, 9.17) is 0 Å². The van der Waals surface area contributed by atoms with E-state index >= 15 is 0 Å². The number of halogens is 2. The zero-order valence-electron chi connectivity index (χ0n) is 9.65. The van der Waals surface area contributed by atoms with Crippen molar-refractivity contribution in [2.45, 2.75) is 13.5 Å². The zero-order valence-corrected chi connectivity index (χ0v) is 11.2. The molecule has 0 saturated carbocycles. The fourth-order valence-corrected chi connectivity index (χ4v) is 2.07. The highest BCUT2D eigenvalue weighted by atomic mass is 79.9. The minimum Gasteiger partial charge on any atom is -0.506 e. The highest BCUT2D eigenvalue weighted by molar-refractivity contribution is 9.10. The molecule has 0 saturated heterocycles. The predicted molar refractivity (Wildman–Crippen MR) is 70.3 cm³/mol. The Labute approximate surface area is 112 Å². The fourth-order valence-electron chi connectivity index (χ4n) is 1.74. The Morgan fingerprint density at radius 2 is 2.11 bits per heavy atom. The molecule has 0 unspecified atom stereocenters. The topological polar surface area (TPSA) is 42.2 Å². The number of aromatic hydroxyl groups is 1. The third-order valence-electron chi connectivity index (χ3n) is 2.66. The van der Waals surface area contributed by atoms with E-state index in [1.165, 1.54) is 22.8 Å². The molecule has 2 rings (SSSR count). The van der Waals surface area contributed by atoms with Gasteiger partial charge in [-0.3, -0.25) is 4.79 Å². The lowest BCUT2D eigenvalue weighted by Gasteiger charge is -2.11. The van der Waals surface area contributed by atoms with Gasteiger partial charge in [0, 0.05) is 11.8 Å². The average Bonchev–Trinajstić information content (AvgIpc) is 2.32. The molecule has 0 amide bonds. The molecule has 2 aromatic rings. The molecule has 0 spiro atoms. The molecule has 0 aliphatic heterocycles. The van der Waals surface area contributed by atoms with Gasteiger partial charge in [0.15, 0.2) is 0 Å². The van der Waals surface area contributed by atoms with Gasteiger partial charge in [0.25, 0.3) is 5.56 Å². The normalized spacial score (nSPS) is 10.6. The highest BCUT2D eigenvalue weighted by Crippen LogP contribution is 2.20. The number of rotatable bonds is 2. The molecule has 0 atom stereocenters. The number of hydrogen-bond donors (Lipinski definition) is 1. The first-order valence-electron chi connectivity index (χ1n) is 5.32. The van der Waals surface area contributed by atoms with Crippen molar-refractivity contribution in [3.63, 3.8) is 0 Å². The maximum Gasteiger partial charge on any atom is 0.269 e. The van der Waals surface area contributed by atoms with Crippen molar-refractivity contribution in [2.24, 2.45) is 0 Å². The van der Waals surface area contributed by atoms with Crippen LogP contribution in [0.5, 0.6) is 5.75 Å². The van der Waals surface area contributed by atoms with Crippen LogP contribution in [0.4, 0.5) is 4.39 Å². The summed E-state index contributed by atoms with van der Waals surface area (Å²) in [7, 11) is 0. The first-order valence-corrected chi connectivity index (χ1v) is 6.11. The van der Waals surface area contributed by atoms with Crippen LogP contribution in [0, 0.1) is 12.7 Å². The van der Waals surface area contributed by atoms with Gasteiger partial charge in [-0.15, -0.1) is 0 Å². The van der Waals surface area contributed by atoms with E-state index in [0.29, 0.717) is 11.3 Å². The van der Waals surface area contributed by atoms with Crippen molar-refractivity contribution in [3.05, 3.63) is 62.2 Å². The summed E-state index contributed by atoms with van der Waals surface area (Å²) in [6.07, 6.45) is 0. The van der Waals surface area contributed by atoms with Gasteiger partial charge in [0.1, 0.15) is 16.0 Å². The van der Waals surface area contributed by atoms with Gasteiger partial charge in [-0.05, 0) is 40.5 Å². The number of aryl methyl sites for hydroxylation is 1. The Bertz CT molecular complexity index is 652. The van der Waals surface area contributed by atoms with Gasteiger partial charge >= 0.3 is 0 Å². The van der Waals surface area contributed by atoms with Crippen LogP contribution in [0.1, 0.15) is 11.3 Å². The highest BCUT2D eigenvalue weighted by Gasteiger charge is 2.10. The minimum atomic E-state index is -0.337. The van der Waals surface area contributed by atoms with Crippen LogP contribution in [0.25, 0.3) is 0 Å². The van der Waals surface area contributed by atoms with Crippen molar-refractivity contribution < 1.29 is 9.50 Å². The second-order valence-corrected chi connectivity index (χ2v) is 4.80. The van der Waals surface area contributed by atoms with Crippen molar-refractivity contribution in [1.82, 2.24) is 4.57 Å². The molecular weight excluding hydrogens is 301 g/mol. The van der Waals surface area contributed by atoms with Gasteiger partial charge in [0.2, 0.25) is 0 Å². The van der Waals surface area contributed by atoms with Crippen LogP contribution >= 0.6 is 15.9 Å². The standard InChI is InChI=1S/C13H11BrFNO2/c1-8-5-11(17)12(14)13(18)16(8)7-9-3-2-4-10(15)6-9/h2-6,17H,7H2,1H3. The molecule has 1 N–H and O–H groups in total. The molecule has 0 aliphatic carbocycles. The third-order valence-corrected chi connectivity index (χ3v) is 3.40. The van der Waals surface area contributed by atoms with Gasteiger partial charge < -0.3 is 9.67 Å². The van der Waals surface area contributed by atoms with Crippen LogP contribution in [0.15, 0.2) is 39.6 Å². The van der Waals surface area contributed by atoms with Crippen molar-refractivity contribution in [3.8, 4) is 5.75 Å². The molecular formula is C13H11BrFNO2. The summed E-state index contributed by atoms with van der Waals surface area (Å²) in [6, 6.07) is 7.57. The summed E-state index contributed by atoms with van der Waals surface area (Å²) in [6.45, 7) is 1.98. The van der Waals surface area contributed by atoms with E-state index in [9.17, 15) is 14.3 Å². The molecule has 1 aromatic heterocycles. The number of benzene rings is 1. The van der Waals surface area contributed by atoms with Crippen LogP contribution < -0.4 is 5.56 Å². The maximum absolute atomic E-state index is 13.1. The fraction of sp³-hybridized carbons (Fsp3) is 0.154. The van der Waals surface area contributed by atoms with E-state index in [0.717, 1.165) is 0 Å². The molecule has 5 heteroatoms. The first kappa shape index (κ1) is 12.8. The van der Waals surface area contributed by atoms with Gasteiger partial charge in [-0.25, -0.2) is 4.39 Å². The minimum absolute atomic E-state index is 0.0898. The molecule has 94 valence electrons. The molecule has 3 nitrogen and oxygen atoms in total. The van der Waals surface area contributed by atoms with E-state index in [1.54, 1.807) is 19.1 Å². The summed E-state index contributed by atoms with van der Waals surface area (Å²) in [4.78, 5) is 12.0. The van der Waals surface area contributed by atoms with E-state index in [-0.39, 0.29) is 28.1 Å². The predicted octanol–water partition coefficient (Wildman–Crippen LogP) is 2.81. The van der Waals surface area contributed by atoms with Crippen LogP contribution in [-0.2, 0) is 6.54 Å². The Morgan fingerprint density at radius 1 is 1.39 bits per heavy atom. The van der Waals surface area contributed by atoms with Crippen LogP contribution in [-0.4, -0.2) is 9.67 Å². The average molecular weight is 312 g/mol. The van der Waals surface area contributed by atoms with Crippen molar-refractivity contribution in [2.75, 3.05) is 0 Å². The van der Waals surface area contributed by atoms with Gasteiger partial charge in [-0.1, -0.05) is 12.1 Å². The molecule has 0 aliphatic rings. The third kappa shape index (κ3) is 2.46. The Hall–Kier alpha value is -1.62. The summed E-state index contributed by atoms with van der Waals surface area (Å²) in [5.74, 6) is -0.427. The largest absolute Gasteiger partial charge is 0.506 e. The molecule has 18 heavy (non-hydrogen) atoms. The zero-order chi connectivity index (χ0) is 13.3. The summed E-state index contributed by atoms with van der Waals surface area (Å²) in [5.41, 5.74) is 0.972. The Balaban J connectivity index is 2.47. The van der Waals surface area contributed by atoms with E-state index in [1.807, 2.05) is 0 Å². The van der Waals surface area contributed by atoms with E-state index < -0.39 is 0 Å². The number of nitrogens with zero attached hydrogens (tertiary/aromatic N) is 1. The van der Waals surface area contributed by atoms with Gasteiger partial charge in [-0.2, -0.15) is 0 Å². The van der Waals surface area contributed by atoms with Crippen LogP contribution in [0.2, 0.25) is 0 Å². The molecule has 0 radical (unpaired) electrons. The van der Waals surface area contributed by atoms with Crippen LogP contribution in [0.3, 0.4) is 0 Å². The second-order valence-electron chi connectivity index (χ2n) is 4.01. The molecule has 0 bridgehead atoms. The number of pyridine rings is 1. The first-order chi connectivity index (χ1) is 8.49. The lowest BCUT2D eigenvalue weighted by Crippen LogP contribution is -2.23. The monoisotopic (exact) mass is 311 g/mol. The summed E-state index contributed by atoms with van der Waals surface area (Å²) in [5, 5.41) is 9.50. The number of hydrogen-bond acceptors (Lipinski definition) is 2. The van der Waals surface area contributed by atoms with Crippen molar-refractivity contribution in [1.29, 1.82) is 0 Å². The van der Waals surface area contributed by atoms with Gasteiger partial charge in [0.05, 0.1) is 6.54 Å². The second kappa shape index (κ2) is 4.94. The lowest BCUT2D eigenvalue weighted by molar-refractivity contribution is 0.466. The van der Waals surface area contributed by atoms with E-state index in [2.05, 4.69) is 15.9 Å². The smallest absolute Gasteiger partial charge is 0.269 e. The quantitative estimate of drug-likeness (QED) is 0.926. The van der Waals surface area contributed by atoms with Crippen molar-refractivity contribution >= 4 is 15.9 Å². The summed E-state index contributed by atoms with van der Waals surface area (Å²) >= 11 is 3.03. The summed E-state index contributed by atoms with van der Waals surface area (Å²) < 4.78 is 14.7. The lowest BCUT2D eigenvalue weighted by atomic mass is 10.2. The number of aromatic nitrogens is 1.